The lowest BCUT2D eigenvalue weighted by Gasteiger charge is -2.21. The molecule has 0 amide bonds. The molecule has 0 unspecified atom stereocenters. The fourth-order valence-electron chi connectivity index (χ4n) is 4.19. The van der Waals surface area contributed by atoms with Gasteiger partial charge in [0.2, 0.25) is 0 Å². The number of non-ortho nitro benzene ring substituents is 1. The molecular formula is C23H15N7O2. The third kappa shape index (κ3) is 2.64. The molecule has 0 aliphatic carbocycles. The maximum absolute atomic E-state index is 11.7. The number of nitro groups is 1. The standard InChI is InChI=1S/C23H15N7O2/c31-30(32)20-14-13-17(15-7-1-2-8-16(15)20)23(28-21-11-5-3-9-18(21)24-26-28)29-22-12-6-4-10-19(22)25-27-29/h1-14,23H. The summed E-state index contributed by atoms with van der Waals surface area (Å²) < 4.78 is 3.56. The second-order valence-corrected chi connectivity index (χ2v) is 7.40. The van der Waals surface area contributed by atoms with Crippen molar-refractivity contribution in [2.75, 3.05) is 0 Å². The normalized spacial score (nSPS) is 11.7. The summed E-state index contributed by atoms with van der Waals surface area (Å²) >= 11 is 0. The number of hydrogen-bond acceptors (Lipinski definition) is 6. The van der Waals surface area contributed by atoms with Crippen molar-refractivity contribution in [2.45, 2.75) is 6.17 Å². The Morgan fingerprint density at radius 1 is 0.688 bits per heavy atom. The van der Waals surface area contributed by atoms with Crippen molar-refractivity contribution in [2.24, 2.45) is 0 Å². The van der Waals surface area contributed by atoms with Gasteiger partial charge < -0.3 is 0 Å². The first-order chi connectivity index (χ1) is 15.7. The number of nitrogens with zero attached hydrogens (tertiary/aromatic N) is 7. The van der Waals surface area contributed by atoms with Crippen LogP contribution in [-0.4, -0.2) is 34.9 Å². The molecule has 0 N–H and O–H groups in total. The van der Waals surface area contributed by atoms with Gasteiger partial charge in [0.15, 0.2) is 6.17 Å². The van der Waals surface area contributed by atoms with Crippen LogP contribution in [0, 0.1) is 10.1 Å². The highest BCUT2D eigenvalue weighted by molar-refractivity contribution is 5.94. The molecule has 0 bridgehead atoms. The van der Waals surface area contributed by atoms with Gasteiger partial charge in [0.1, 0.15) is 11.0 Å². The third-order valence-electron chi connectivity index (χ3n) is 5.63. The molecule has 6 rings (SSSR count). The predicted octanol–water partition coefficient (Wildman–Crippen LogP) is 4.33. The second kappa shape index (κ2) is 6.95. The average molecular weight is 421 g/mol. The van der Waals surface area contributed by atoms with E-state index in [9.17, 15) is 10.1 Å². The van der Waals surface area contributed by atoms with Crippen molar-refractivity contribution >= 4 is 38.5 Å². The fraction of sp³-hybridized carbons (Fsp3) is 0.0435. The van der Waals surface area contributed by atoms with Gasteiger partial charge in [-0.15, -0.1) is 10.2 Å². The van der Waals surface area contributed by atoms with Crippen molar-refractivity contribution in [3.8, 4) is 0 Å². The zero-order chi connectivity index (χ0) is 21.7. The fourth-order valence-corrected chi connectivity index (χ4v) is 4.19. The first kappa shape index (κ1) is 18.1. The number of benzene rings is 4. The molecule has 0 aliphatic heterocycles. The Labute approximate surface area is 180 Å². The molecule has 0 saturated carbocycles. The van der Waals surface area contributed by atoms with Gasteiger partial charge in [-0.2, -0.15) is 0 Å². The Morgan fingerprint density at radius 3 is 1.81 bits per heavy atom. The van der Waals surface area contributed by atoms with E-state index in [0.29, 0.717) is 5.39 Å². The van der Waals surface area contributed by atoms with Crippen LogP contribution < -0.4 is 0 Å². The van der Waals surface area contributed by atoms with Crippen molar-refractivity contribution in [3.05, 3.63) is 101 Å². The maximum Gasteiger partial charge on any atom is 0.277 e. The Morgan fingerprint density at radius 2 is 1.22 bits per heavy atom. The molecule has 0 fully saturated rings. The molecule has 0 aliphatic rings. The van der Waals surface area contributed by atoms with Gasteiger partial charge in [-0.3, -0.25) is 10.1 Å². The lowest BCUT2D eigenvalue weighted by atomic mass is 10.0. The number of hydrogen-bond donors (Lipinski definition) is 0. The molecule has 6 aromatic rings. The Bertz CT molecular complexity index is 1560. The summed E-state index contributed by atoms with van der Waals surface area (Å²) in [5, 5.41) is 30.5. The van der Waals surface area contributed by atoms with Gasteiger partial charge in [0.25, 0.3) is 5.69 Å². The maximum atomic E-state index is 11.7. The van der Waals surface area contributed by atoms with E-state index in [0.717, 1.165) is 33.0 Å². The van der Waals surface area contributed by atoms with Crippen molar-refractivity contribution in [3.63, 3.8) is 0 Å². The molecule has 154 valence electrons. The molecule has 2 aromatic heterocycles. The molecule has 4 aromatic carbocycles. The van der Waals surface area contributed by atoms with E-state index in [2.05, 4.69) is 20.6 Å². The summed E-state index contributed by atoms with van der Waals surface area (Å²) in [6.07, 6.45) is -0.555. The van der Waals surface area contributed by atoms with Crippen LogP contribution in [0.2, 0.25) is 0 Å². The minimum absolute atomic E-state index is 0.0509. The zero-order valence-electron chi connectivity index (χ0n) is 16.6. The lowest BCUT2D eigenvalue weighted by Crippen LogP contribution is -2.22. The van der Waals surface area contributed by atoms with Crippen LogP contribution >= 0.6 is 0 Å². The molecule has 0 atom stereocenters. The molecule has 0 spiro atoms. The molecule has 9 heteroatoms. The average Bonchev–Trinajstić information content (AvgIpc) is 3.44. The van der Waals surface area contributed by atoms with Crippen molar-refractivity contribution in [1.29, 1.82) is 0 Å². The van der Waals surface area contributed by atoms with Crippen LogP contribution in [0.3, 0.4) is 0 Å². The van der Waals surface area contributed by atoms with Crippen molar-refractivity contribution in [1.82, 2.24) is 30.0 Å². The molecule has 0 saturated heterocycles. The van der Waals surface area contributed by atoms with Crippen LogP contribution in [0.5, 0.6) is 0 Å². The van der Waals surface area contributed by atoms with Gasteiger partial charge in [-0.1, -0.05) is 52.9 Å². The highest BCUT2D eigenvalue weighted by Gasteiger charge is 2.26. The quantitative estimate of drug-likeness (QED) is 0.310. The van der Waals surface area contributed by atoms with Crippen LogP contribution in [0.15, 0.2) is 84.9 Å². The monoisotopic (exact) mass is 421 g/mol. The zero-order valence-corrected chi connectivity index (χ0v) is 16.6. The summed E-state index contributed by atoms with van der Waals surface area (Å²) in [5.41, 5.74) is 3.98. The summed E-state index contributed by atoms with van der Waals surface area (Å²) in [6.45, 7) is 0. The summed E-state index contributed by atoms with van der Waals surface area (Å²) in [7, 11) is 0. The predicted molar refractivity (Wildman–Crippen MR) is 119 cm³/mol. The van der Waals surface area contributed by atoms with Crippen LogP contribution in [-0.2, 0) is 0 Å². The smallest absolute Gasteiger partial charge is 0.258 e. The molecular weight excluding hydrogens is 406 g/mol. The van der Waals surface area contributed by atoms with Crippen LogP contribution in [0.4, 0.5) is 5.69 Å². The van der Waals surface area contributed by atoms with E-state index < -0.39 is 6.17 Å². The first-order valence-electron chi connectivity index (χ1n) is 9.98. The number of aromatic nitrogens is 6. The molecule has 0 radical (unpaired) electrons. The van der Waals surface area contributed by atoms with Gasteiger partial charge in [-0.25, -0.2) is 9.36 Å². The largest absolute Gasteiger partial charge is 0.277 e. The minimum atomic E-state index is -0.555. The Hall–Kier alpha value is -4.66. The number of para-hydroxylation sites is 2. The molecule has 32 heavy (non-hydrogen) atoms. The summed E-state index contributed by atoms with van der Waals surface area (Å²) in [5.74, 6) is 0. The Balaban J connectivity index is 1.71. The SMILES string of the molecule is O=[N+]([O-])c1ccc(C(n2nnc3ccccc32)n2nnc3ccccc32)c2ccccc12. The Kier molecular flexibility index (Phi) is 3.94. The third-order valence-corrected chi connectivity index (χ3v) is 5.63. The topological polar surface area (TPSA) is 105 Å². The van der Waals surface area contributed by atoms with Gasteiger partial charge >= 0.3 is 0 Å². The van der Waals surface area contributed by atoms with Gasteiger partial charge in [0.05, 0.1) is 21.3 Å². The van der Waals surface area contributed by atoms with Crippen molar-refractivity contribution < 1.29 is 4.92 Å². The molecule has 2 heterocycles. The number of rotatable bonds is 4. The number of fused-ring (bicyclic) bond motifs is 3. The van der Waals surface area contributed by atoms with Crippen LogP contribution in [0.25, 0.3) is 32.8 Å². The van der Waals surface area contributed by atoms with E-state index >= 15 is 0 Å². The van der Waals surface area contributed by atoms with E-state index in [-0.39, 0.29) is 10.6 Å². The highest BCUT2D eigenvalue weighted by atomic mass is 16.6. The summed E-state index contributed by atoms with van der Waals surface area (Å²) in [6, 6.07) is 25.9. The van der Waals surface area contributed by atoms with Gasteiger partial charge in [0, 0.05) is 11.6 Å². The van der Waals surface area contributed by atoms with E-state index in [1.165, 1.54) is 6.07 Å². The van der Waals surface area contributed by atoms with E-state index in [1.807, 2.05) is 60.7 Å². The van der Waals surface area contributed by atoms with Crippen LogP contribution in [0.1, 0.15) is 11.7 Å². The second-order valence-electron chi connectivity index (χ2n) is 7.40. The first-order valence-corrected chi connectivity index (χ1v) is 9.98. The van der Waals surface area contributed by atoms with E-state index in [4.69, 9.17) is 0 Å². The molecule has 9 nitrogen and oxygen atoms in total. The number of nitro benzene ring substituents is 1. The van der Waals surface area contributed by atoms with Gasteiger partial charge in [-0.05, 0) is 41.8 Å². The lowest BCUT2D eigenvalue weighted by molar-refractivity contribution is -0.383. The summed E-state index contributed by atoms with van der Waals surface area (Å²) in [4.78, 5) is 11.3. The van der Waals surface area contributed by atoms with E-state index in [1.54, 1.807) is 27.6 Å². The minimum Gasteiger partial charge on any atom is -0.258 e. The highest BCUT2D eigenvalue weighted by Crippen LogP contribution is 2.35.